The molecule has 2 aromatic rings. The molecule has 23 heavy (non-hydrogen) atoms. The lowest BCUT2D eigenvalue weighted by Crippen LogP contribution is -2.04. The van der Waals surface area contributed by atoms with Crippen molar-refractivity contribution < 1.29 is 24.2 Å². The van der Waals surface area contributed by atoms with Crippen molar-refractivity contribution in [2.75, 3.05) is 20.0 Å². The van der Waals surface area contributed by atoms with E-state index in [4.69, 9.17) is 15.6 Å². The first-order chi connectivity index (χ1) is 11.0. The smallest absolute Gasteiger partial charge is 0.339 e. The average molecular weight is 318 g/mol. The van der Waals surface area contributed by atoms with E-state index in [9.17, 15) is 9.59 Å². The van der Waals surface area contributed by atoms with Gasteiger partial charge < -0.3 is 20.3 Å². The van der Waals surface area contributed by atoms with Crippen molar-refractivity contribution in [1.29, 1.82) is 0 Å². The van der Waals surface area contributed by atoms with Crippen LogP contribution in [-0.2, 0) is 16.0 Å². The molecule has 3 N–H and O–H groups in total. The molecule has 0 saturated heterocycles. The van der Waals surface area contributed by atoms with Crippen LogP contribution in [0.5, 0.6) is 5.88 Å². The summed E-state index contributed by atoms with van der Waals surface area (Å²) in [6.07, 6.45) is 1.49. The first-order valence-electron chi connectivity index (χ1n) is 6.61. The Kier molecular flexibility index (Phi) is 7.06. The minimum Gasteiger partial charge on any atom is -0.481 e. The molecule has 0 unspecified atom stereocenters. The summed E-state index contributed by atoms with van der Waals surface area (Å²) in [6, 6.07) is 10.1. The molecule has 7 nitrogen and oxygen atoms in total. The Bertz CT molecular complexity index is 656. The van der Waals surface area contributed by atoms with Gasteiger partial charge in [-0.15, -0.1) is 0 Å². The standard InChI is InChI=1S/C8H9NO3.C8H9NO2/c1-12-7-3-2-6(5-9-7)4-8(10)11;1-11-8(10)6-4-2-3-5-7(6)9/h2-3,5H,4H2,1H3,(H,10,11);2-5H,9H2,1H3. The zero-order valence-corrected chi connectivity index (χ0v) is 12.9. The monoisotopic (exact) mass is 318 g/mol. The first-order valence-corrected chi connectivity index (χ1v) is 6.61. The van der Waals surface area contributed by atoms with E-state index in [1.54, 1.807) is 36.4 Å². The number of ether oxygens (including phenoxy) is 2. The van der Waals surface area contributed by atoms with Gasteiger partial charge in [0, 0.05) is 18.0 Å². The number of carbonyl (C=O) groups is 2. The number of aromatic nitrogens is 1. The van der Waals surface area contributed by atoms with E-state index in [1.165, 1.54) is 20.4 Å². The zero-order valence-electron chi connectivity index (χ0n) is 12.9. The molecule has 0 atom stereocenters. The fourth-order valence-corrected chi connectivity index (χ4v) is 1.60. The number of carboxylic acids is 1. The Labute approximate surface area is 133 Å². The van der Waals surface area contributed by atoms with Crippen LogP contribution in [0, 0.1) is 0 Å². The Morgan fingerprint density at radius 3 is 2.35 bits per heavy atom. The maximum absolute atomic E-state index is 10.9. The number of hydrogen-bond acceptors (Lipinski definition) is 6. The largest absolute Gasteiger partial charge is 0.481 e. The van der Waals surface area contributed by atoms with E-state index in [1.807, 2.05) is 0 Å². The highest BCUT2D eigenvalue weighted by Gasteiger charge is 2.06. The summed E-state index contributed by atoms with van der Waals surface area (Å²) in [4.78, 5) is 25.1. The number of rotatable bonds is 4. The predicted molar refractivity (Wildman–Crippen MR) is 84.3 cm³/mol. The number of carbonyl (C=O) groups excluding carboxylic acids is 1. The van der Waals surface area contributed by atoms with E-state index in [0.29, 0.717) is 22.7 Å². The number of anilines is 1. The Morgan fingerprint density at radius 2 is 1.87 bits per heavy atom. The van der Waals surface area contributed by atoms with Crippen LogP contribution in [0.4, 0.5) is 5.69 Å². The Morgan fingerprint density at radius 1 is 1.17 bits per heavy atom. The second-order valence-electron chi connectivity index (χ2n) is 4.36. The van der Waals surface area contributed by atoms with Gasteiger partial charge in [-0.05, 0) is 17.7 Å². The minimum absolute atomic E-state index is 0.00298. The zero-order chi connectivity index (χ0) is 17.2. The molecule has 0 fully saturated rings. The third-order valence-corrected chi connectivity index (χ3v) is 2.73. The number of hydrogen-bond donors (Lipinski definition) is 2. The predicted octanol–water partition coefficient (Wildman–Crippen LogP) is 1.77. The normalized spacial score (nSPS) is 9.30. The number of aliphatic carboxylic acids is 1. The number of nitrogen functional groups attached to an aromatic ring is 1. The van der Waals surface area contributed by atoms with Gasteiger partial charge >= 0.3 is 11.9 Å². The molecule has 0 amide bonds. The third kappa shape index (κ3) is 6.04. The van der Waals surface area contributed by atoms with E-state index in [-0.39, 0.29) is 6.42 Å². The molecule has 0 spiro atoms. The lowest BCUT2D eigenvalue weighted by molar-refractivity contribution is -0.136. The number of benzene rings is 1. The highest BCUT2D eigenvalue weighted by Crippen LogP contribution is 2.10. The molecule has 1 aromatic heterocycles. The summed E-state index contributed by atoms with van der Waals surface area (Å²) in [5, 5.41) is 8.43. The van der Waals surface area contributed by atoms with Crippen molar-refractivity contribution in [3.8, 4) is 5.88 Å². The average Bonchev–Trinajstić information content (AvgIpc) is 2.55. The molecule has 0 bridgehead atoms. The lowest BCUT2D eigenvalue weighted by atomic mass is 10.2. The molecular formula is C16H18N2O5. The molecule has 122 valence electrons. The number of nitrogens with zero attached hydrogens (tertiary/aromatic N) is 1. The van der Waals surface area contributed by atoms with Gasteiger partial charge in [-0.2, -0.15) is 0 Å². The quantitative estimate of drug-likeness (QED) is 0.652. The number of carboxylic acid groups (broad SMARTS) is 1. The number of nitrogens with two attached hydrogens (primary N) is 1. The summed E-state index contributed by atoms with van der Waals surface area (Å²) in [6.45, 7) is 0. The van der Waals surface area contributed by atoms with Crippen LogP contribution in [-0.4, -0.2) is 36.2 Å². The summed E-state index contributed by atoms with van der Waals surface area (Å²) in [5.41, 5.74) is 7.02. The fourth-order valence-electron chi connectivity index (χ4n) is 1.60. The minimum atomic E-state index is -0.859. The fraction of sp³-hybridized carbons (Fsp3) is 0.188. The second kappa shape index (κ2) is 9.04. The van der Waals surface area contributed by atoms with Gasteiger partial charge in [0.1, 0.15) is 0 Å². The Hall–Kier alpha value is -3.09. The number of methoxy groups -OCH3 is 2. The van der Waals surface area contributed by atoms with Crippen molar-refractivity contribution in [2.24, 2.45) is 0 Å². The maximum Gasteiger partial charge on any atom is 0.339 e. The summed E-state index contributed by atoms with van der Waals surface area (Å²) < 4.78 is 9.31. The number of para-hydroxylation sites is 1. The molecule has 0 aliphatic rings. The third-order valence-electron chi connectivity index (χ3n) is 2.73. The SMILES string of the molecule is COC(=O)c1ccccc1N.COc1ccc(CC(=O)O)cn1. The number of pyridine rings is 1. The second-order valence-corrected chi connectivity index (χ2v) is 4.36. The van der Waals surface area contributed by atoms with Crippen molar-refractivity contribution in [2.45, 2.75) is 6.42 Å². The van der Waals surface area contributed by atoms with Crippen molar-refractivity contribution in [3.63, 3.8) is 0 Å². The van der Waals surface area contributed by atoms with Gasteiger partial charge in [-0.25, -0.2) is 9.78 Å². The highest BCUT2D eigenvalue weighted by molar-refractivity contribution is 5.94. The van der Waals surface area contributed by atoms with Gasteiger partial charge in [0.2, 0.25) is 5.88 Å². The molecule has 2 rings (SSSR count). The van der Waals surface area contributed by atoms with Crippen LogP contribution in [0.2, 0.25) is 0 Å². The van der Waals surface area contributed by atoms with Crippen molar-refractivity contribution in [1.82, 2.24) is 4.98 Å². The molecule has 0 radical (unpaired) electrons. The molecule has 0 saturated carbocycles. The number of esters is 1. The highest BCUT2D eigenvalue weighted by atomic mass is 16.5. The Balaban J connectivity index is 0.000000231. The van der Waals surface area contributed by atoms with Crippen LogP contribution in [0.15, 0.2) is 42.6 Å². The summed E-state index contributed by atoms with van der Waals surface area (Å²) >= 11 is 0. The van der Waals surface area contributed by atoms with Crippen molar-refractivity contribution >= 4 is 17.6 Å². The van der Waals surface area contributed by atoms with Crippen LogP contribution < -0.4 is 10.5 Å². The van der Waals surface area contributed by atoms with Crippen molar-refractivity contribution in [3.05, 3.63) is 53.7 Å². The van der Waals surface area contributed by atoms with E-state index < -0.39 is 11.9 Å². The molecule has 0 aliphatic heterocycles. The summed E-state index contributed by atoms with van der Waals surface area (Å²) in [5.74, 6) is -0.769. The molecule has 1 aromatic carbocycles. The molecule has 7 heteroatoms. The molecule has 1 heterocycles. The van der Waals surface area contributed by atoms with E-state index >= 15 is 0 Å². The van der Waals surface area contributed by atoms with Crippen LogP contribution >= 0.6 is 0 Å². The topological polar surface area (TPSA) is 112 Å². The van der Waals surface area contributed by atoms with Gasteiger partial charge in [-0.1, -0.05) is 18.2 Å². The van der Waals surface area contributed by atoms with Gasteiger partial charge in [-0.3, -0.25) is 4.79 Å². The first kappa shape index (κ1) is 18.0. The van der Waals surface area contributed by atoms with E-state index in [0.717, 1.165) is 0 Å². The van der Waals surface area contributed by atoms with Gasteiger partial charge in [0.15, 0.2) is 0 Å². The van der Waals surface area contributed by atoms with Gasteiger partial charge in [0.25, 0.3) is 0 Å². The maximum atomic E-state index is 10.9. The molecular weight excluding hydrogens is 300 g/mol. The van der Waals surface area contributed by atoms with Crippen LogP contribution in [0.1, 0.15) is 15.9 Å². The summed E-state index contributed by atoms with van der Waals surface area (Å²) in [7, 11) is 2.84. The van der Waals surface area contributed by atoms with Crippen LogP contribution in [0.25, 0.3) is 0 Å². The lowest BCUT2D eigenvalue weighted by Gasteiger charge is -2.00. The molecule has 0 aliphatic carbocycles. The van der Waals surface area contributed by atoms with E-state index in [2.05, 4.69) is 9.72 Å². The van der Waals surface area contributed by atoms with Gasteiger partial charge in [0.05, 0.1) is 26.2 Å². The van der Waals surface area contributed by atoms with Crippen LogP contribution in [0.3, 0.4) is 0 Å².